The van der Waals surface area contributed by atoms with Crippen molar-refractivity contribution in [3.8, 4) is 0 Å². The lowest BCUT2D eigenvalue weighted by atomic mass is 10.2. The molecule has 0 aliphatic carbocycles. The maximum Gasteiger partial charge on any atom is 0.248 e. The first-order chi connectivity index (χ1) is 13.4. The zero-order valence-corrected chi connectivity index (χ0v) is 16.2. The highest BCUT2D eigenvalue weighted by Gasteiger charge is 2.28. The second kappa shape index (κ2) is 8.64. The van der Waals surface area contributed by atoms with Gasteiger partial charge in [0.05, 0.1) is 18.1 Å². The van der Waals surface area contributed by atoms with Gasteiger partial charge >= 0.3 is 0 Å². The molecule has 1 saturated heterocycles. The molecule has 8 heteroatoms. The minimum Gasteiger partial charge on any atom is -0.379 e. The number of hydrogen-bond acceptors (Lipinski definition) is 4. The molecule has 0 bridgehead atoms. The summed E-state index contributed by atoms with van der Waals surface area (Å²) in [5.74, 6) is -0.832. The van der Waals surface area contributed by atoms with Gasteiger partial charge in [0.2, 0.25) is 15.9 Å². The quantitative estimate of drug-likeness (QED) is 0.778. The standard InChI is InChI=1S/C20H21FN2O4S/c1-15-5-7-18(14-19(15)28(25,26)23-9-11-27-12-10-23)22-20(24)8-6-16-3-2-4-17(21)13-16/h2-8,13-14H,9-12H2,1H3,(H,22,24)/b8-6+. The van der Waals surface area contributed by atoms with E-state index in [9.17, 15) is 17.6 Å². The fourth-order valence-electron chi connectivity index (χ4n) is 2.85. The second-order valence-corrected chi connectivity index (χ2v) is 8.28. The Bertz CT molecular complexity index is 999. The van der Waals surface area contributed by atoms with Gasteiger partial charge in [-0.25, -0.2) is 12.8 Å². The van der Waals surface area contributed by atoms with Crippen LogP contribution in [-0.4, -0.2) is 44.9 Å². The number of morpholine rings is 1. The molecule has 1 N–H and O–H groups in total. The average Bonchev–Trinajstić information content (AvgIpc) is 2.68. The molecule has 148 valence electrons. The number of halogens is 1. The van der Waals surface area contributed by atoms with Crippen molar-refractivity contribution in [2.75, 3.05) is 31.6 Å². The Morgan fingerprint density at radius 2 is 1.93 bits per heavy atom. The van der Waals surface area contributed by atoms with E-state index in [0.717, 1.165) is 0 Å². The van der Waals surface area contributed by atoms with Gasteiger partial charge in [0, 0.05) is 24.9 Å². The summed E-state index contributed by atoms with van der Waals surface area (Å²) in [5.41, 5.74) is 1.51. The minimum absolute atomic E-state index is 0.154. The van der Waals surface area contributed by atoms with Crippen molar-refractivity contribution in [1.82, 2.24) is 4.31 Å². The average molecular weight is 404 g/mol. The zero-order valence-electron chi connectivity index (χ0n) is 15.4. The molecule has 0 radical (unpaired) electrons. The van der Waals surface area contributed by atoms with Crippen LogP contribution in [0, 0.1) is 12.7 Å². The number of nitrogens with one attached hydrogen (secondary N) is 1. The minimum atomic E-state index is -3.67. The van der Waals surface area contributed by atoms with Crippen LogP contribution in [0.15, 0.2) is 53.4 Å². The van der Waals surface area contributed by atoms with Crippen molar-refractivity contribution in [3.63, 3.8) is 0 Å². The van der Waals surface area contributed by atoms with Gasteiger partial charge < -0.3 is 10.1 Å². The third-order valence-corrected chi connectivity index (χ3v) is 6.36. The van der Waals surface area contributed by atoms with E-state index in [2.05, 4.69) is 5.32 Å². The molecule has 1 heterocycles. The normalized spacial score (nSPS) is 15.6. The number of sulfonamides is 1. The van der Waals surface area contributed by atoms with Crippen molar-refractivity contribution in [1.29, 1.82) is 0 Å². The van der Waals surface area contributed by atoms with Crippen LogP contribution < -0.4 is 5.32 Å². The molecule has 0 aromatic heterocycles. The Balaban J connectivity index is 1.76. The van der Waals surface area contributed by atoms with Gasteiger partial charge in [-0.05, 0) is 48.4 Å². The van der Waals surface area contributed by atoms with Gasteiger partial charge in [0.15, 0.2) is 0 Å². The predicted molar refractivity (Wildman–Crippen MR) is 105 cm³/mol. The topological polar surface area (TPSA) is 75.7 Å². The first kappa shape index (κ1) is 20.2. The van der Waals surface area contributed by atoms with E-state index in [1.807, 2.05) is 0 Å². The van der Waals surface area contributed by atoms with Crippen molar-refractivity contribution in [3.05, 3.63) is 65.5 Å². The maximum absolute atomic E-state index is 13.2. The third kappa shape index (κ3) is 4.83. The molecule has 2 aromatic rings. The number of nitrogens with zero attached hydrogens (tertiary/aromatic N) is 1. The zero-order chi connectivity index (χ0) is 20.1. The Morgan fingerprint density at radius 1 is 1.18 bits per heavy atom. The molecule has 1 amide bonds. The van der Waals surface area contributed by atoms with Gasteiger partial charge in [-0.3, -0.25) is 4.79 Å². The summed E-state index contributed by atoms with van der Waals surface area (Å²) < 4.78 is 45.6. The molecular weight excluding hydrogens is 383 g/mol. The number of aryl methyl sites for hydroxylation is 1. The predicted octanol–water partition coefficient (Wildman–Crippen LogP) is 2.81. The number of anilines is 1. The van der Waals surface area contributed by atoms with E-state index in [1.54, 1.807) is 31.2 Å². The van der Waals surface area contributed by atoms with E-state index in [4.69, 9.17) is 4.74 Å². The first-order valence-corrected chi connectivity index (χ1v) is 10.2. The summed E-state index contributed by atoms with van der Waals surface area (Å²) in [6.07, 6.45) is 2.75. The summed E-state index contributed by atoms with van der Waals surface area (Å²) in [6, 6.07) is 10.6. The first-order valence-electron chi connectivity index (χ1n) is 8.79. The number of carbonyl (C=O) groups is 1. The molecule has 0 saturated carbocycles. The van der Waals surface area contributed by atoms with Crippen molar-refractivity contribution in [2.45, 2.75) is 11.8 Å². The number of rotatable bonds is 5. The second-order valence-electron chi connectivity index (χ2n) is 6.37. The molecule has 3 rings (SSSR count). The van der Waals surface area contributed by atoms with Gasteiger partial charge in [-0.2, -0.15) is 4.31 Å². The lowest BCUT2D eigenvalue weighted by Crippen LogP contribution is -2.40. The van der Waals surface area contributed by atoms with Crippen LogP contribution in [0.1, 0.15) is 11.1 Å². The molecule has 6 nitrogen and oxygen atoms in total. The molecule has 28 heavy (non-hydrogen) atoms. The molecule has 1 fully saturated rings. The summed E-state index contributed by atoms with van der Waals surface area (Å²) in [4.78, 5) is 12.3. The van der Waals surface area contributed by atoms with E-state index in [-0.39, 0.29) is 10.7 Å². The van der Waals surface area contributed by atoms with Crippen molar-refractivity contribution < 1.29 is 22.3 Å². The molecule has 1 aliphatic rings. The molecule has 1 aliphatic heterocycles. The highest BCUT2D eigenvalue weighted by Crippen LogP contribution is 2.24. The van der Waals surface area contributed by atoms with Crippen LogP contribution >= 0.6 is 0 Å². The molecule has 0 spiro atoms. The summed E-state index contributed by atoms with van der Waals surface area (Å²) >= 11 is 0. The van der Waals surface area contributed by atoms with Gasteiger partial charge in [-0.1, -0.05) is 18.2 Å². The number of hydrogen-bond donors (Lipinski definition) is 1. The fraction of sp³-hybridized carbons (Fsp3) is 0.250. The fourth-order valence-corrected chi connectivity index (χ4v) is 4.51. The van der Waals surface area contributed by atoms with E-state index in [0.29, 0.717) is 43.1 Å². The number of benzene rings is 2. The van der Waals surface area contributed by atoms with Crippen molar-refractivity contribution in [2.24, 2.45) is 0 Å². The van der Waals surface area contributed by atoms with Crippen LogP contribution in [0.25, 0.3) is 6.08 Å². The molecule has 2 aromatic carbocycles. The van der Waals surface area contributed by atoms with Crippen molar-refractivity contribution >= 4 is 27.7 Å². The molecule has 0 unspecified atom stereocenters. The Labute approximate surface area is 163 Å². The number of amides is 1. The van der Waals surface area contributed by atoms with Crippen LogP contribution in [0.3, 0.4) is 0 Å². The van der Waals surface area contributed by atoms with Crippen LogP contribution in [0.4, 0.5) is 10.1 Å². The van der Waals surface area contributed by atoms with E-state index in [1.165, 1.54) is 34.7 Å². The summed E-state index contributed by atoms with van der Waals surface area (Å²) in [7, 11) is -3.67. The smallest absolute Gasteiger partial charge is 0.248 e. The number of carbonyl (C=O) groups excluding carboxylic acids is 1. The number of ether oxygens (including phenoxy) is 1. The summed E-state index contributed by atoms with van der Waals surface area (Å²) in [5, 5.41) is 2.64. The highest BCUT2D eigenvalue weighted by atomic mass is 32.2. The third-order valence-electron chi connectivity index (χ3n) is 4.32. The largest absolute Gasteiger partial charge is 0.379 e. The molecular formula is C20H21FN2O4S. The van der Waals surface area contributed by atoms with Crippen LogP contribution in [0.5, 0.6) is 0 Å². The highest BCUT2D eigenvalue weighted by molar-refractivity contribution is 7.89. The maximum atomic E-state index is 13.2. The van der Waals surface area contributed by atoms with E-state index >= 15 is 0 Å². The van der Waals surface area contributed by atoms with E-state index < -0.39 is 15.9 Å². The lowest BCUT2D eigenvalue weighted by Gasteiger charge is -2.26. The van der Waals surface area contributed by atoms with Crippen LogP contribution in [-0.2, 0) is 19.6 Å². The van der Waals surface area contributed by atoms with Crippen LogP contribution in [0.2, 0.25) is 0 Å². The summed E-state index contributed by atoms with van der Waals surface area (Å²) in [6.45, 7) is 3.03. The SMILES string of the molecule is Cc1ccc(NC(=O)/C=C/c2cccc(F)c2)cc1S(=O)(=O)N1CCOCC1. The Kier molecular flexibility index (Phi) is 6.23. The molecule has 0 atom stereocenters. The lowest BCUT2D eigenvalue weighted by molar-refractivity contribution is -0.111. The van der Waals surface area contributed by atoms with Gasteiger partial charge in [0.25, 0.3) is 0 Å². The van der Waals surface area contributed by atoms with Gasteiger partial charge in [-0.15, -0.1) is 0 Å². The monoisotopic (exact) mass is 404 g/mol. The van der Waals surface area contributed by atoms with Gasteiger partial charge in [0.1, 0.15) is 5.82 Å². The Hall–Kier alpha value is -2.55. The Morgan fingerprint density at radius 3 is 2.64 bits per heavy atom.